The van der Waals surface area contributed by atoms with Crippen molar-refractivity contribution in [2.24, 2.45) is 5.73 Å². The van der Waals surface area contributed by atoms with E-state index in [1.807, 2.05) is 0 Å². The zero-order valence-corrected chi connectivity index (χ0v) is 9.86. The smallest absolute Gasteiger partial charge is 0.0366 e. The topological polar surface area (TPSA) is 29.3 Å². The molecular weight excluding hydrogens is 196 g/mol. The SMILES string of the molecule is [CH2]CCc1ccc(N2CCC(N)CC2)cc1. The summed E-state index contributed by atoms with van der Waals surface area (Å²) in [5, 5.41) is 0. The lowest BCUT2D eigenvalue weighted by molar-refractivity contribution is 0.501. The first-order chi connectivity index (χ1) is 7.79. The fourth-order valence-corrected chi connectivity index (χ4v) is 2.24. The quantitative estimate of drug-likeness (QED) is 0.842. The van der Waals surface area contributed by atoms with Gasteiger partial charge in [-0.1, -0.05) is 19.1 Å². The summed E-state index contributed by atoms with van der Waals surface area (Å²) in [5.74, 6) is 0. The van der Waals surface area contributed by atoms with E-state index in [2.05, 4.69) is 36.1 Å². The number of aryl methyl sites for hydroxylation is 1. The number of anilines is 1. The fraction of sp³-hybridized carbons (Fsp3) is 0.500. The Balaban J connectivity index is 1.98. The first-order valence-electron chi connectivity index (χ1n) is 6.18. The summed E-state index contributed by atoms with van der Waals surface area (Å²) in [6.07, 6.45) is 4.27. The molecule has 1 aromatic rings. The number of piperidine rings is 1. The minimum absolute atomic E-state index is 0.404. The Kier molecular flexibility index (Phi) is 3.83. The zero-order chi connectivity index (χ0) is 11.4. The third kappa shape index (κ3) is 2.76. The third-order valence-electron chi connectivity index (χ3n) is 3.31. The van der Waals surface area contributed by atoms with Gasteiger partial charge in [0.05, 0.1) is 0 Å². The second kappa shape index (κ2) is 5.35. The van der Waals surface area contributed by atoms with Crippen LogP contribution in [0, 0.1) is 6.92 Å². The maximum Gasteiger partial charge on any atom is 0.0366 e. The van der Waals surface area contributed by atoms with Gasteiger partial charge in [0.2, 0.25) is 0 Å². The Bertz CT molecular complexity index is 310. The summed E-state index contributed by atoms with van der Waals surface area (Å²) < 4.78 is 0. The molecular formula is C14H21N2. The van der Waals surface area contributed by atoms with Crippen molar-refractivity contribution in [2.75, 3.05) is 18.0 Å². The number of benzene rings is 1. The highest BCUT2D eigenvalue weighted by Crippen LogP contribution is 2.20. The average molecular weight is 217 g/mol. The Morgan fingerprint density at radius 2 is 1.81 bits per heavy atom. The van der Waals surface area contributed by atoms with Crippen LogP contribution in [-0.4, -0.2) is 19.1 Å². The second-order valence-electron chi connectivity index (χ2n) is 4.59. The van der Waals surface area contributed by atoms with Crippen LogP contribution >= 0.6 is 0 Å². The molecule has 0 aromatic heterocycles. The van der Waals surface area contributed by atoms with Gasteiger partial charge < -0.3 is 10.6 Å². The molecule has 0 saturated carbocycles. The van der Waals surface area contributed by atoms with E-state index >= 15 is 0 Å². The van der Waals surface area contributed by atoms with Crippen LogP contribution in [0.2, 0.25) is 0 Å². The fourth-order valence-electron chi connectivity index (χ4n) is 2.24. The predicted octanol–water partition coefficient (Wildman–Crippen LogP) is 2.38. The van der Waals surface area contributed by atoms with E-state index in [0.717, 1.165) is 38.8 Å². The number of hydrogen-bond acceptors (Lipinski definition) is 2. The molecule has 16 heavy (non-hydrogen) atoms. The lowest BCUT2D eigenvalue weighted by Gasteiger charge is -2.32. The molecule has 0 bridgehead atoms. The number of hydrogen-bond donors (Lipinski definition) is 1. The normalized spacial score (nSPS) is 17.8. The Labute approximate surface area is 98.4 Å². The molecule has 0 spiro atoms. The summed E-state index contributed by atoms with van der Waals surface area (Å²) >= 11 is 0. The minimum atomic E-state index is 0.404. The van der Waals surface area contributed by atoms with Crippen LogP contribution in [0.1, 0.15) is 24.8 Å². The zero-order valence-electron chi connectivity index (χ0n) is 9.86. The van der Waals surface area contributed by atoms with Gasteiger partial charge in [-0.15, -0.1) is 0 Å². The summed E-state index contributed by atoms with van der Waals surface area (Å²) in [4.78, 5) is 2.43. The first-order valence-corrected chi connectivity index (χ1v) is 6.18. The number of nitrogens with two attached hydrogens (primary N) is 1. The van der Waals surface area contributed by atoms with Crippen molar-refractivity contribution < 1.29 is 0 Å². The van der Waals surface area contributed by atoms with Crippen molar-refractivity contribution in [3.8, 4) is 0 Å². The molecule has 1 saturated heterocycles. The van der Waals surface area contributed by atoms with Gasteiger partial charge in [-0.2, -0.15) is 0 Å². The van der Waals surface area contributed by atoms with Crippen LogP contribution < -0.4 is 10.6 Å². The van der Waals surface area contributed by atoms with E-state index in [4.69, 9.17) is 5.73 Å². The van der Waals surface area contributed by atoms with Crippen LogP contribution in [0.3, 0.4) is 0 Å². The summed E-state index contributed by atoms with van der Waals surface area (Å²) in [6.45, 7) is 6.06. The highest BCUT2D eigenvalue weighted by molar-refractivity contribution is 5.48. The predicted molar refractivity (Wildman–Crippen MR) is 69.5 cm³/mol. The standard InChI is InChI=1S/C14H21N2/c1-2-3-12-4-6-14(7-5-12)16-10-8-13(15)9-11-16/h4-7,13H,1-3,8-11,15H2. The van der Waals surface area contributed by atoms with Crippen molar-refractivity contribution in [1.82, 2.24) is 0 Å². The molecule has 2 nitrogen and oxygen atoms in total. The summed E-state index contributed by atoms with van der Waals surface area (Å²) in [6, 6.07) is 9.29. The van der Waals surface area contributed by atoms with Crippen molar-refractivity contribution in [1.29, 1.82) is 0 Å². The van der Waals surface area contributed by atoms with Gasteiger partial charge in [-0.05, 0) is 43.4 Å². The molecule has 1 aliphatic heterocycles. The monoisotopic (exact) mass is 217 g/mol. The van der Waals surface area contributed by atoms with Gasteiger partial charge in [-0.3, -0.25) is 0 Å². The van der Waals surface area contributed by atoms with Crippen LogP contribution in [0.5, 0.6) is 0 Å². The molecule has 0 atom stereocenters. The molecule has 1 radical (unpaired) electrons. The molecule has 1 aliphatic rings. The van der Waals surface area contributed by atoms with E-state index < -0.39 is 0 Å². The van der Waals surface area contributed by atoms with Gasteiger partial charge in [0.25, 0.3) is 0 Å². The Hall–Kier alpha value is -1.02. The molecule has 1 fully saturated rings. The van der Waals surface area contributed by atoms with E-state index in [9.17, 15) is 0 Å². The molecule has 0 amide bonds. The highest BCUT2D eigenvalue weighted by Gasteiger charge is 2.15. The summed E-state index contributed by atoms with van der Waals surface area (Å²) in [5.41, 5.74) is 8.62. The molecule has 2 N–H and O–H groups in total. The van der Waals surface area contributed by atoms with E-state index in [1.165, 1.54) is 11.3 Å². The van der Waals surface area contributed by atoms with E-state index in [0.29, 0.717) is 6.04 Å². The van der Waals surface area contributed by atoms with Crippen molar-refractivity contribution >= 4 is 5.69 Å². The molecule has 87 valence electrons. The molecule has 0 unspecified atom stereocenters. The van der Waals surface area contributed by atoms with E-state index in [-0.39, 0.29) is 0 Å². The minimum Gasteiger partial charge on any atom is -0.371 e. The Morgan fingerprint density at radius 1 is 1.19 bits per heavy atom. The number of nitrogens with zero attached hydrogens (tertiary/aromatic N) is 1. The van der Waals surface area contributed by atoms with Crippen LogP contribution in [0.25, 0.3) is 0 Å². The highest BCUT2D eigenvalue weighted by atomic mass is 15.1. The maximum absolute atomic E-state index is 5.91. The third-order valence-corrected chi connectivity index (χ3v) is 3.31. The van der Waals surface area contributed by atoms with Crippen molar-refractivity contribution in [2.45, 2.75) is 31.7 Å². The van der Waals surface area contributed by atoms with Crippen molar-refractivity contribution in [3.05, 3.63) is 36.8 Å². The largest absolute Gasteiger partial charge is 0.371 e. The van der Waals surface area contributed by atoms with Gasteiger partial charge in [-0.25, -0.2) is 0 Å². The number of rotatable bonds is 3. The second-order valence-corrected chi connectivity index (χ2v) is 4.59. The lowest BCUT2D eigenvalue weighted by atomic mass is 10.0. The van der Waals surface area contributed by atoms with Crippen LogP contribution in [0.15, 0.2) is 24.3 Å². The molecule has 0 aliphatic carbocycles. The Morgan fingerprint density at radius 3 is 2.38 bits per heavy atom. The lowest BCUT2D eigenvalue weighted by Crippen LogP contribution is -2.39. The molecule has 2 rings (SSSR count). The van der Waals surface area contributed by atoms with Crippen molar-refractivity contribution in [3.63, 3.8) is 0 Å². The molecule has 1 heterocycles. The maximum atomic E-state index is 5.91. The first kappa shape index (κ1) is 11.5. The van der Waals surface area contributed by atoms with Gasteiger partial charge in [0.1, 0.15) is 0 Å². The summed E-state index contributed by atoms with van der Waals surface area (Å²) in [7, 11) is 0. The van der Waals surface area contributed by atoms with Gasteiger partial charge in [0.15, 0.2) is 0 Å². The van der Waals surface area contributed by atoms with Crippen LogP contribution in [0.4, 0.5) is 5.69 Å². The average Bonchev–Trinajstić information content (AvgIpc) is 2.32. The van der Waals surface area contributed by atoms with Crippen LogP contribution in [-0.2, 0) is 6.42 Å². The molecule has 2 heteroatoms. The van der Waals surface area contributed by atoms with Gasteiger partial charge in [0, 0.05) is 24.8 Å². The van der Waals surface area contributed by atoms with E-state index in [1.54, 1.807) is 0 Å². The van der Waals surface area contributed by atoms with Gasteiger partial charge >= 0.3 is 0 Å². The molecule has 1 aromatic carbocycles.